The highest BCUT2D eigenvalue weighted by Crippen LogP contribution is 2.16. The van der Waals surface area contributed by atoms with Crippen molar-refractivity contribution in [2.45, 2.75) is 19.9 Å². The van der Waals surface area contributed by atoms with Crippen molar-refractivity contribution in [3.05, 3.63) is 53.2 Å². The van der Waals surface area contributed by atoms with Gasteiger partial charge in [0.1, 0.15) is 16.9 Å². The summed E-state index contributed by atoms with van der Waals surface area (Å²) in [6.07, 6.45) is 5.50. The average Bonchev–Trinajstić information content (AvgIpc) is 3.19. The predicted molar refractivity (Wildman–Crippen MR) is 86.7 cm³/mol. The van der Waals surface area contributed by atoms with Crippen molar-refractivity contribution in [1.29, 1.82) is 0 Å². The lowest BCUT2D eigenvalue weighted by Gasteiger charge is -2.09. The van der Waals surface area contributed by atoms with Crippen molar-refractivity contribution in [3.63, 3.8) is 0 Å². The minimum absolute atomic E-state index is 0.219. The minimum Gasteiger partial charge on any atom is -0.342 e. The number of aromatic nitrogens is 5. The van der Waals surface area contributed by atoms with Gasteiger partial charge in [0.15, 0.2) is 0 Å². The number of aryl methyl sites for hydroxylation is 1. The third-order valence-corrected chi connectivity index (χ3v) is 4.32. The summed E-state index contributed by atoms with van der Waals surface area (Å²) in [7, 11) is 0. The number of fused-ring (bicyclic) bond motifs is 2. The summed E-state index contributed by atoms with van der Waals surface area (Å²) < 4.78 is 3.56. The zero-order chi connectivity index (χ0) is 16.0. The molecule has 4 heterocycles. The highest BCUT2D eigenvalue weighted by Gasteiger charge is 2.17. The smallest absolute Gasteiger partial charge is 0.272 e. The topological polar surface area (TPSA) is 76.6 Å². The van der Waals surface area contributed by atoms with Gasteiger partial charge in [-0.05, 0) is 25.5 Å². The Labute approximate surface area is 135 Å². The van der Waals surface area contributed by atoms with E-state index in [1.54, 1.807) is 16.2 Å². The number of hydrogen-bond acceptors (Lipinski definition) is 5. The second kappa shape index (κ2) is 5.17. The van der Waals surface area contributed by atoms with E-state index < -0.39 is 0 Å². The summed E-state index contributed by atoms with van der Waals surface area (Å²) in [5.41, 5.74) is 4.76. The fraction of sp³-hybridized carbons (Fsp3) is 0.200. The number of nitrogens with zero attached hydrogens (tertiary/aromatic N) is 5. The third kappa shape index (κ3) is 2.46. The number of nitrogens with one attached hydrogen (secondary N) is 1. The van der Waals surface area contributed by atoms with E-state index in [9.17, 15) is 4.79 Å². The molecule has 23 heavy (non-hydrogen) atoms. The number of hydrogen-bond donors (Lipinski definition) is 1. The molecule has 8 heteroatoms. The Hall–Kier alpha value is -2.74. The van der Waals surface area contributed by atoms with Crippen LogP contribution in [0.2, 0.25) is 0 Å². The molecule has 4 aromatic rings. The summed E-state index contributed by atoms with van der Waals surface area (Å²) in [5.74, 6) is -0.219. The van der Waals surface area contributed by atoms with Crippen molar-refractivity contribution in [2.24, 2.45) is 0 Å². The average molecular weight is 326 g/mol. The predicted octanol–water partition coefficient (Wildman–Crippen LogP) is 2.24. The van der Waals surface area contributed by atoms with E-state index in [0.717, 1.165) is 21.9 Å². The summed E-state index contributed by atoms with van der Waals surface area (Å²) >= 11 is 1.46. The maximum atomic E-state index is 12.4. The van der Waals surface area contributed by atoms with Gasteiger partial charge in [-0.15, -0.1) is 0 Å². The monoisotopic (exact) mass is 326 g/mol. The normalized spacial score (nSPS) is 12.8. The van der Waals surface area contributed by atoms with Gasteiger partial charge in [0.25, 0.3) is 5.91 Å². The number of pyridine rings is 1. The Morgan fingerprint density at radius 3 is 2.96 bits per heavy atom. The first-order valence-electron chi connectivity index (χ1n) is 7.15. The largest absolute Gasteiger partial charge is 0.342 e. The quantitative estimate of drug-likeness (QED) is 0.626. The highest BCUT2D eigenvalue weighted by atomic mass is 32.1. The van der Waals surface area contributed by atoms with Crippen LogP contribution in [0.4, 0.5) is 0 Å². The molecule has 0 saturated carbocycles. The van der Waals surface area contributed by atoms with E-state index in [4.69, 9.17) is 0 Å². The van der Waals surface area contributed by atoms with Crippen LogP contribution < -0.4 is 5.32 Å². The van der Waals surface area contributed by atoms with E-state index in [1.807, 2.05) is 42.8 Å². The molecule has 7 nitrogen and oxygen atoms in total. The fourth-order valence-corrected chi connectivity index (χ4v) is 3.03. The Balaban J connectivity index is 1.56. The molecule has 0 aliphatic carbocycles. The molecule has 116 valence electrons. The van der Waals surface area contributed by atoms with Crippen LogP contribution in [0.1, 0.15) is 34.7 Å². The molecule has 4 aromatic heterocycles. The third-order valence-electron chi connectivity index (χ3n) is 3.63. The molecule has 0 aliphatic heterocycles. The number of rotatable bonds is 3. The minimum atomic E-state index is -0.219. The second-order valence-electron chi connectivity index (χ2n) is 5.42. The van der Waals surface area contributed by atoms with E-state index in [1.165, 1.54) is 11.3 Å². The van der Waals surface area contributed by atoms with Crippen molar-refractivity contribution in [1.82, 2.24) is 29.3 Å². The first-order chi connectivity index (χ1) is 11.1. The summed E-state index contributed by atoms with van der Waals surface area (Å²) in [6.45, 7) is 3.89. The molecule has 0 bridgehead atoms. The van der Waals surface area contributed by atoms with Crippen LogP contribution in [0.15, 0.2) is 36.2 Å². The van der Waals surface area contributed by atoms with Crippen molar-refractivity contribution in [3.8, 4) is 0 Å². The van der Waals surface area contributed by atoms with Crippen molar-refractivity contribution in [2.75, 3.05) is 0 Å². The lowest BCUT2D eigenvalue weighted by atomic mass is 10.2. The lowest BCUT2D eigenvalue weighted by molar-refractivity contribution is 0.0935. The van der Waals surface area contributed by atoms with Gasteiger partial charge in [-0.2, -0.15) is 5.10 Å². The Kier molecular flexibility index (Phi) is 3.12. The highest BCUT2D eigenvalue weighted by molar-refractivity contribution is 7.14. The fourth-order valence-electron chi connectivity index (χ4n) is 2.42. The maximum absolute atomic E-state index is 12.4. The standard InChI is InChI=1S/C15H14N6OS/c1-9-3-4-13-18-12(6-20(13)5-9)14(22)17-10(2)11-7-21-15(19-11)23-8-16-21/h3-8,10H,1-2H3,(H,17,22)/t10-/m1/s1. The van der Waals surface area contributed by atoms with E-state index in [-0.39, 0.29) is 11.9 Å². The van der Waals surface area contributed by atoms with Gasteiger partial charge in [0.2, 0.25) is 4.96 Å². The summed E-state index contributed by atoms with van der Waals surface area (Å²) in [4.78, 5) is 22.0. The molecule has 1 amide bonds. The van der Waals surface area contributed by atoms with Gasteiger partial charge in [-0.25, -0.2) is 14.5 Å². The van der Waals surface area contributed by atoms with Gasteiger partial charge in [0.05, 0.1) is 17.9 Å². The first kappa shape index (κ1) is 13.9. The van der Waals surface area contributed by atoms with E-state index in [0.29, 0.717) is 5.69 Å². The van der Waals surface area contributed by atoms with Crippen LogP contribution in [0.25, 0.3) is 10.6 Å². The number of imidazole rings is 2. The van der Waals surface area contributed by atoms with Crippen LogP contribution in [0.3, 0.4) is 0 Å². The second-order valence-corrected chi connectivity index (χ2v) is 6.24. The van der Waals surface area contributed by atoms with Crippen LogP contribution in [0.5, 0.6) is 0 Å². The van der Waals surface area contributed by atoms with Crippen LogP contribution in [-0.2, 0) is 0 Å². The SMILES string of the molecule is Cc1ccc2nc(C(=O)N[C@H](C)c3cn4ncsc4n3)cn2c1. The van der Waals surface area contributed by atoms with Crippen LogP contribution >= 0.6 is 11.3 Å². The van der Waals surface area contributed by atoms with Crippen LogP contribution in [0, 0.1) is 6.92 Å². The molecular weight excluding hydrogens is 312 g/mol. The molecule has 1 atom stereocenters. The Bertz CT molecular complexity index is 985. The van der Waals surface area contributed by atoms with E-state index in [2.05, 4.69) is 20.4 Å². The first-order valence-corrected chi connectivity index (χ1v) is 8.03. The molecule has 0 saturated heterocycles. The molecule has 0 fully saturated rings. The summed E-state index contributed by atoms with van der Waals surface area (Å²) in [5, 5.41) is 7.07. The maximum Gasteiger partial charge on any atom is 0.272 e. The zero-order valence-corrected chi connectivity index (χ0v) is 13.4. The molecule has 0 spiro atoms. The lowest BCUT2D eigenvalue weighted by Crippen LogP contribution is -2.27. The number of carbonyl (C=O) groups is 1. The van der Waals surface area contributed by atoms with Crippen LogP contribution in [-0.4, -0.2) is 29.9 Å². The molecule has 0 aromatic carbocycles. The molecule has 0 unspecified atom stereocenters. The molecule has 0 radical (unpaired) electrons. The molecule has 0 aliphatic rings. The van der Waals surface area contributed by atoms with Gasteiger partial charge in [-0.1, -0.05) is 17.4 Å². The Morgan fingerprint density at radius 2 is 2.13 bits per heavy atom. The number of carbonyl (C=O) groups excluding carboxylic acids is 1. The zero-order valence-electron chi connectivity index (χ0n) is 12.6. The molecule has 1 N–H and O–H groups in total. The molecular formula is C15H14N6OS. The van der Waals surface area contributed by atoms with Gasteiger partial charge in [-0.3, -0.25) is 4.79 Å². The Morgan fingerprint density at radius 1 is 1.26 bits per heavy atom. The summed E-state index contributed by atoms with van der Waals surface area (Å²) in [6, 6.07) is 3.64. The van der Waals surface area contributed by atoms with Gasteiger partial charge < -0.3 is 9.72 Å². The number of amides is 1. The molecule has 4 rings (SSSR count). The van der Waals surface area contributed by atoms with Gasteiger partial charge in [0, 0.05) is 12.4 Å². The van der Waals surface area contributed by atoms with Crippen molar-refractivity contribution >= 4 is 27.9 Å². The van der Waals surface area contributed by atoms with E-state index >= 15 is 0 Å². The van der Waals surface area contributed by atoms with Crippen molar-refractivity contribution < 1.29 is 4.79 Å². The van der Waals surface area contributed by atoms with Gasteiger partial charge >= 0.3 is 0 Å².